The summed E-state index contributed by atoms with van der Waals surface area (Å²) in [7, 11) is 1.61. The molecular formula is C7H14N2O3. The monoisotopic (exact) mass is 174 g/mol. The highest BCUT2D eigenvalue weighted by Gasteiger charge is 2.33. The van der Waals surface area contributed by atoms with Crippen LogP contribution in [0.5, 0.6) is 0 Å². The standard InChI is InChI=1S/C7H14N2O3/c1-11-4-5-2-3-12-6(5)7(10)9-8/h5-6H,2-4,8H2,1H3,(H,9,10)/t5-,6-/m0/s1. The first-order chi connectivity index (χ1) is 5.79. The second kappa shape index (κ2) is 4.39. The molecule has 1 fully saturated rings. The molecule has 1 heterocycles. The molecule has 70 valence electrons. The topological polar surface area (TPSA) is 73.6 Å². The highest BCUT2D eigenvalue weighted by atomic mass is 16.5. The number of hydrazine groups is 1. The van der Waals surface area contributed by atoms with Gasteiger partial charge in [0.05, 0.1) is 6.61 Å². The third-order valence-electron chi connectivity index (χ3n) is 2.00. The first kappa shape index (κ1) is 9.44. The summed E-state index contributed by atoms with van der Waals surface area (Å²) in [6.07, 6.45) is 0.418. The Labute approximate surface area is 71.2 Å². The summed E-state index contributed by atoms with van der Waals surface area (Å²) in [6, 6.07) is 0. The van der Waals surface area contributed by atoms with Crippen molar-refractivity contribution in [3.8, 4) is 0 Å². The Kier molecular flexibility index (Phi) is 3.46. The van der Waals surface area contributed by atoms with Crippen LogP contribution >= 0.6 is 0 Å². The molecule has 0 radical (unpaired) electrons. The molecule has 0 aromatic carbocycles. The van der Waals surface area contributed by atoms with E-state index in [4.69, 9.17) is 15.3 Å². The summed E-state index contributed by atoms with van der Waals surface area (Å²) in [5, 5.41) is 0. The predicted molar refractivity (Wildman–Crippen MR) is 42.1 cm³/mol. The predicted octanol–water partition coefficient (Wildman–Crippen LogP) is -0.972. The number of ether oxygens (including phenoxy) is 2. The van der Waals surface area contributed by atoms with E-state index in [-0.39, 0.29) is 11.8 Å². The van der Waals surface area contributed by atoms with Crippen molar-refractivity contribution in [3.05, 3.63) is 0 Å². The number of nitrogens with one attached hydrogen (secondary N) is 1. The van der Waals surface area contributed by atoms with Crippen LogP contribution in [0.2, 0.25) is 0 Å². The summed E-state index contributed by atoms with van der Waals surface area (Å²) in [6.45, 7) is 1.14. The van der Waals surface area contributed by atoms with Gasteiger partial charge in [-0.05, 0) is 6.42 Å². The van der Waals surface area contributed by atoms with Crippen LogP contribution in [0.1, 0.15) is 6.42 Å². The van der Waals surface area contributed by atoms with Gasteiger partial charge in [0.1, 0.15) is 6.10 Å². The summed E-state index contributed by atoms with van der Waals surface area (Å²) in [5.74, 6) is 4.86. The van der Waals surface area contributed by atoms with Gasteiger partial charge in [-0.25, -0.2) is 5.84 Å². The maximum atomic E-state index is 11.1. The molecule has 12 heavy (non-hydrogen) atoms. The van der Waals surface area contributed by atoms with E-state index in [1.165, 1.54) is 0 Å². The molecule has 0 aromatic heterocycles. The van der Waals surface area contributed by atoms with E-state index in [0.717, 1.165) is 6.42 Å². The van der Waals surface area contributed by atoms with Gasteiger partial charge >= 0.3 is 0 Å². The van der Waals surface area contributed by atoms with Crippen molar-refractivity contribution in [1.82, 2.24) is 5.43 Å². The van der Waals surface area contributed by atoms with E-state index < -0.39 is 6.10 Å². The number of amides is 1. The van der Waals surface area contributed by atoms with Gasteiger partial charge in [0, 0.05) is 19.6 Å². The van der Waals surface area contributed by atoms with Crippen LogP contribution in [0.3, 0.4) is 0 Å². The van der Waals surface area contributed by atoms with Gasteiger partial charge in [-0.2, -0.15) is 0 Å². The summed E-state index contributed by atoms with van der Waals surface area (Å²) in [4.78, 5) is 11.1. The van der Waals surface area contributed by atoms with Gasteiger partial charge in [0.25, 0.3) is 5.91 Å². The maximum Gasteiger partial charge on any atom is 0.263 e. The van der Waals surface area contributed by atoms with E-state index in [1.807, 2.05) is 0 Å². The number of carbonyl (C=O) groups excluding carboxylic acids is 1. The molecule has 1 rings (SSSR count). The molecular weight excluding hydrogens is 160 g/mol. The van der Waals surface area contributed by atoms with Crippen molar-refractivity contribution in [2.24, 2.45) is 11.8 Å². The number of carbonyl (C=O) groups is 1. The van der Waals surface area contributed by atoms with Crippen LogP contribution in [0.25, 0.3) is 0 Å². The van der Waals surface area contributed by atoms with Gasteiger partial charge in [0.2, 0.25) is 0 Å². The fourth-order valence-corrected chi connectivity index (χ4v) is 1.39. The highest BCUT2D eigenvalue weighted by molar-refractivity contribution is 5.80. The third-order valence-corrected chi connectivity index (χ3v) is 2.00. The quantitative estimate of drug-likeness (QED) is 0.328. The summed E-state index contributed by atoms with van der Waals surface area (Å²) < 4.78 is 10.1. The van der Waals surface area contributed by atoms with Gasteiger partial charge in [-0.3, -0.25) is 10.2 Å². The van der Waals surface area contributed by atoms with Crippen molar-refractivity contribution < 1.29 is 14.3 Å². The van der Waals surface area contributed by atoms with Crippen LogP contribution in [0.4, 0.5) is 0 Å². The molecule has 1 saturated heterocycles. The lowest BCUT2D eigenvalue weighted by Crippen LogP contribution is -2.42. The van der Waals surface area contributed by atoms with Crippen molar-refractivity contribution in [2.75, 3.05) is 20.3 Å². The zero-order valence-corrected chi connectivity index (χ0v) is 7.08. The minimum absolute atomic E-state index is 0.138. The molecule has 0 unspecified atom stereocenters. The van der Waals surface area contributed by atoms with Gasteiger partial charge in [-0.15, -0.1) is 0 Å². The van der Waals surface area contributed by atoms with Gasteiger partial charge in [-0.1, -0.05) is 0 Å². The Hall–Kier alpha value is -0.650. The largest absolute Gasteiger partial charge is 0.384 e. The molecule has 0 spiro atoms. The van der Waals surface area contributed by atoms with Crippen molar-refractivity contribution in [3.63, 3.8) is 0 Å². The zero-order chi connectivity index (χ0) is 8.97. The maximum absolute atomic E-state index is 11.1. The van der Waals surface area contributed by atoms with Crippen molar-refractivity contribution >= 4 is 5.91 Å². The van der Waals surface area contributed by atoms with Crippen molar-refractivity contribution in [1.29, 1.82) is 0 Å². The molecule has 0 saturated carbocycles. The van der Waals surface area contributed by atoms with E-state index in [0.29, 0.717) is 13.2 Å². The molecule has 5 nitrogen and oxygen atoms in total. The molecule has 1 aliphatic rings. The molecule has 0 aliphatic carbocycles. The molecule has 0 bridgehead atoms. The van der Waals surface area contributed by atoms with E-state index in [2.05, 4.69) is 5.43 Å². The third kappa shape index (κ3) is 1.94. The molecule has 3 N–H and O–H groups in total. The minimum atomic E-state index is -0.435. The van der Waals surface area contributed by atoms with E-state index in [9.17, 15) is 4.79 Å². The second-order valence-electron chi connectivity index (χ2n) is 2.80. The second-order valence-corrected chi connectivity index (χ2v) is 2.80. The minimum Gasteiger partial charge on any atom is -0.384 e. The lowest BCUT2D eigenvalue weighted by Gasteiger charge is -2.15. The Balaban J connectivity index is 2.45. The van der Waals surface area contributed by atoms with Crippen LogP contribution in [-0.4, -0.2) is 32.3 Å². The fraction of sp³-hybridized carbons (Fsp3) is 0.857. The van der Waals surface area contributed by atoms with Crippen LogP contribution in [0.15, 0.2) is 0 Å². The smallest absolute Gasteiger partial charge is 0.263 e. The fourth-order valence-electron chi connectivity index (χ4n) is 1.39. The molecule has 1 aliphatic heterocycles. The average molecular weight is 174 g/mol. The SMILES string of the molecule is COC[C@@H]1CCO[C@@H]1C(=O)NN. The Morgan fingerprint density at radius 3 is 3.17 bits per heavy atom. The number of hydrogen-bond donors (Lipinski definition) is 2. The van der Waals surface area contributed by atoms with Crippen LogP contribution < -0.4 is 11.3 Å². The first-order valence-corrected chi connectivity index (χ1v) is 3.90. The van der Waals surface area contributed by atoms with Crippen LogP contribution in [0, 0.1) is 5.92 Å². The molecule has 0 aromatic rings. The Bertz CT molecular complexity index is 163. The van der Waals surface area contributed by atoms with Crippen molar-refractivity contribution in [2.45, 2.75) is 12.5 Å². The molecule has 5 heteroatoms. The number of methoxy groups -OCH3 is 1. The lowest BCUT2D eigenvalue weighted by molar-refractivity contribution is -0.132. The van der Waals surface area contributed by atoms with E-state index in [1.54, 1.807) is 7.11 Å². The number of rotatable bonds is 3. The average Bonchev–Trinajstić information content (AvgIpc) is 2.52. The summed E-state index contributed by atoms with van der Waals surface area (Å²) >= 11 is 0. The lowest BCUT2D eigenvalue weighted by atomic mass is 10.0. The van der Waals surface area contributed by atoms with E-state index >= 15 is 0 Å². The first-order valence-electron chi connectivity index (χ1n) is 3.90. The normalized spacial score (nSPS) is 28.8. The molecule has 2 atom stereocenters. The highest BCUT2D eigenvalue weighted by Crippen LogP contribution is 2.20. The number of hydrogen-bond acceptors (Lipinski definition) is 4. The zero-order valence-electron chi connectivity index (χ0n) is 7.08. The van der Waals surface area contributed by atoms with Gasteiger partial charge in [0.15, 0.2) is 0 Å². The Morgan fingerprint density at radius 2 is 2.58 bits per heavy atom. The Morgan fingerprint density at radius 1 is 1.83 bits per heavy atom. The molecule has 1 amide bonds. The van der Waals surface area contributed by atoms with Crippen LogP contribution in [-0.2, 0) is 14.3 Å². The number of nitrogens with two attached hydrogens (primary N) is 1. The van der Waals surface area contributed by atoms with Gasteiger partial charge < -0.3 is 9.47 Å². The summed E-state index contributed by atoms with van der Waals surface area (Å²) in [5.41, 5.74) is 2.08.